The summed E-state index contributed by atoms with van der Waals surface area (Å²) in [5.74, 6) is 1.45. The fraction of sp³-hybridized carbons (Fsp3) is 0.174. The Labute approximate surface area is 188 Å². The van der Waals surface area contributed by atoms with Gasteiger partial charge < -0.3 is 19.5 Å². The van der Waals surface area contributed by atoms with Gasteiger partial charge in [-0.05, 0) is 31.2 Å². The van der Waals surface area contributed by atoms with Crippen molar-refractivity contribution in [2.75, 3.05) is 24.3 Å². The van der Waals surface area contributed by atoms with Gasteiger partial charge in [-0.25, -0.2) is 29.3 Å². The zero-order valence-electron chi connectivity index (χ0n) is 18.5. The van der Waals surface area contributed by atoms with Crippen LogP contribution in [0.5, 0.6) is 11.5 Å². The largest absolute Gasteiger partial charge is 0.457 e. The van der Waals surface area contributed by atoms with E-state index in [4.69, 9.17) is 4.74 Å². The molecule has 0 spiro atoms. The molecule has 33 heavy (non-hydrogen) atoms. The van der Waals surface area contributed by atoms with Gasteiger partial charge in [0.2, 0.25) is 5.95 Å². The molecule has 5 rings (SSSR count). The molecule has 0 unspecified atom stereocenters. The number of ether oxygens (including phenoxy) is 1. The van der Waals surface area contributed by atoms with Gasteiger partial charge in [0.1, 0.15) is 28.9 Å². The van der Waals surface area contributed by atoms with Crippen LogP contribution in [0.15, 0.2) is 49.2 Å². The van der Waals surface area contributed by atoms with Crippen LogP contribution in [0, 0.1) is 12.7 Å². The lowest BCUT2D eigenvalue weighted by atomic mass is 10.1. The number of fused-ring (bicyclic) bond motifs is 2. The van der Waals surface area contributed by atoms with Gasteiger partial charge in [0.15, 0.2) is 11.6 Å². The molecule has 0 amide bonds. The van der Waals surface area contributed by atoms with Crippen molar-refractivity contribution in [3.05, 3.63) is 60.6 Å². The Bertz CT molecular complexity index is 1500. The first-order valence-corrected chi connectivity index (χ1v) is 10.2. The van der Waals surface area contributed by atoms with E-state index in [9.17, 15) is 0 Å². The number of aryl methyl sites for hydroxylation is 1. The minimum absolute atomic E-state index is 0.255. The van der Waals surface area contributed by atoms with Gasteiger partial charge in [0, 0.05) is 32.8 Å². The fourth-order valence-electron chi connectivity index (χ4n) is 3.46. The molecule has 0 fully saturated rings. The van der Waals surface area contributed by atoms with Crippen LogP contribution in [-0.4, -0.2) is 43.6 Å². The minimum Gasteiger partial charge on any atom is -0.457 e. The Hall–Kier alpha value is -4.34. The molecule has 0 bridgehead atoms. The smallest absolute Gasteiger partial charge is 0.225 e. The fourth-order valence-corrected chi connectivity index (χ4v) is 3.46. The Kier molecular flexibility index (Phi) is 4.97. The maximum atomic E-state index is 15.3. The molecular formula is C23H21FN8O. The van der Waals surface area contributed by atoms with E-state index in [1.165, 1.54) is 6.33 Å². The van der Waals surface area contributed by atoms with E-state index >= 15 is 4.39 Å². The lowest BCUT2D eigenvalue weighted by molar-refractivity contribution is 0.472. The van der Waals surface area contributed by atoms with Crippen molar-refractivity contribution < 1.29 is 9.13 Å². The highest BCUT2D eigenvalue weighted by Gasteiger charge is 2.15. The van der Waals surface area contributed by atoms with Gasteiger partial charge in [0.05, 0.1) is 29.2 Å². The molecule has 2 aromatic carbocycles. The van der Waals surface area contributed by atoms with Crippen LogP contribution in [0.2, 0.25) is 0 Å². The molecule has 0 aliphatic heterocycles. The topological polar surface area (TPSA) is 93.9 Å². The molecular weight excluding hydrogens is 423 g/mol. The van der Waals surface area contributed by atoms with Crippen molar-refractivity contribution in [2.45, 2.75) is 6.92 Å². The highest BCUT2D eigenvalue weighted by atomic mass is 19.1. The molecule has 0 aliphatic rings. The first-order chi connectivity index (χ1) is 15.9. The SMILES string of the molecule is Cc1c(Oc2ccc3c(c2)ncn3C)ccc(Nc2ncnc3cnc(N(C)C)nc23)c1F. The standard InChI is InChI=1S/C23H21FN8O/c1-13-19(33-14-5-7-18-16(9-14)28-12-32(18)4)8-6-15(20(13)24)29-22-21-17(26-11-27-22)10-25-23(30-21)31(2)3/h5-12H,1-4H3,(H,26,27,29). The highest BCUT2D eigenvalue weighted by Crippen LogP contribution is 2.33. The quantitative estimate of drug-likeness (QED) is 0.427. The minimum atomic E-state index is -0.444. The molecule has 1 N–H and O–H groups in total. The number of rotatable bonds is 5. The Balaban J connectivity index is 1.46. The second-order valence-corrected chi connectivity index (χ2v) is 7.80. The Morgan fingerprint density at radius 1 is 1.03 bits per heavy atom. The van der Waals surface area contributed by atoms with Crippen LogP contribution in [0.3, 0.4) is 0 Å². The van der Waals surface area contributed by atoms with Gasteiger partial charge in [-0.15, -0.1) is 0 Å². The van der Waals surface area contributed by atoms with E-state index in [1.54, 1.807) is 36.5 Å². The van der Waals surface area contributed by atoms with Crippen molar-refractivity contribution in [3.63, 3.8) is 0 Å². The number of aromatic nitrogens is 6. The van der Waals surface area contributed by atoms with Gasteiger partial charge in [-0.3, -0.25) is 0 Å². The van der Waals surface area contributed by atoms with E-state index in [2.05, 4.69) is 30.2 Å². The molecule has 5 aromatic rings. The first kappa shape index (κ1) is 20.6. The third kappa shape index (κ3) is 3.75. The summed E-state index contributed by atoms with van der Waals surface area (Å²) in [4.78, 5) is 23.3. The number of hydrogen-bond donors (Lipinski definition) is 1. The van der Waals surface area contributed by atoms with Crippen molar-refractivity contribution in [3.8, 4) is 11.5 Å². The zero-order valence-corrected chi connectivity index (χ0v) is 18.5. The monoisotopic (exact) mass is 444 g/mol. The number of halogens is 1. The van der Waals surface area contributed by atoms with Crippen LogP contribution in [0.1, 0.15) is 5.56 Å². The Morgan fingerprint density at radius 3 is 2.70 bits per heavy atom. The van der Waals surface area contributed by atoms with Gasteiger partial charge in [-0.1, -0.05) is 0 Å². The summed E-state index contributed by atoms with van der Waals surface area (Å²) in [7, 11) is 5.60. The predicted octanol–water partition coefficient (Wildman–Crippen LogP) is 4.36. The van der Waals surface area contributed by atoms with Crippen molar-refractivity contribution in [1.29, 1.82) is 0 Å². The van der Waals surface area contributed by atoms with Crippen molar-refractivity contribution in [2.24, 2.45) is 7.05 Å². The van der Waals surface area contributed by atoms with E-state index in [-0.39, 0.29) is 5.69 Å². The van der Waals surface area contributed by atoms with Crippen molar-refractivity contribution >= 4 is 39.5 Å². The summed E-state index contributed by atoms with van der Waals surface area (Å²) in [6.45, 7) is 1.67. The van der Waals surface area contributed by atoms with Gasteiger partial charge in [0.25, 0.3) is 0 Å². The lowest BCUT2D eigenvalue weighted by Gasteiger charge is -2.14. The molecule has 0 saturated carbocycles. The maximum Gasteiger partial charge on any atom is 0.225 e. The summed E-state index contributed by atoms with van der Waals surface area (Å²) >= 11 is 0. The van der Waals surface area contributed by atoms with E-state index < -0.39 is 5.82 Å². The summed E-state index contributed by atoms with van der Waals surface area (Å²) in [5, 5.41) is 3.04. The van der Waals surface area contributed by atoms with Crippen LogP contribution in [0.4, 0.5) is 21.8 Å². The number of anilines is 3. The van der Waals surface area contributed by atoms with Gasteiger partial charge in [-0.2, -0.15) is 0 Å². The first-order valence-electron chi connectivity index (χ1n) is 10.2. The van der Waals surface area contributed by atoms with Gasteiger partial charge >= 0.3 is 0 Å². The third-order valence-electron chi connectivity index (χ3n) is 5.28. The normalized spacial score (nSPS) is 11.2. The average molecular weight is 444 g/mol. The average Bonchev–Trinajstić information content (AvgIpc) is 3.18. The predicted molar refractivity (Wildman–Crippen MR) is 125 cm³/mol. The molecule has 10 heteroatoms. The van der Waals surface area contributed by atoms with Crippen molar-refractivity contribution in [1.82, 2.24) is 29.5 Å². The van der Waals surface area contributed by atoms with Crippen LogP contribution in [-0.2, 0) is 7.05 Å². The summed E-state index contributed by atoms with van der Waals surface area (Å²) in [6, 6.07) is 8.91. The molecule has 0 saturated heterocycles. The molecule has 9 nitrogen and oxygen atoms in total. The Morgan fingerprint density at radius 2 is 1.88 bits per heavy atom. The van der Waals surface area contributed by atoms with E-state index in [1.807, 2.05) is 43.9 Å². The van der Waals surface area contributed by atoms with Crippen LogP contribution in [0.25, 0.3) is 22.1 Å². The number of nitrogens with one attached hydrogen (secondary N) is 1. The van der Waals surface area contributed by atoms with E-state index in [0.29, 0.717) is 39.9 Å². The second-order valence-electron chi connectivity index (χ2n) is 7.80. The molecule has 0 atom stereocenters. The van der Waals surface area contributed by atoms with E-state index in [0.717, 1.165) is 11.0 Å². The lowest BCUT2D eigenvalue weighted by Crippen LogP contribution is -2.13. The molecule has 3 aromatic heterocycles. The zero-order chi connectivity index (χ0) is 23.1. The molecule has 0 aliphatic carbocycles. The highest BCUT2D eigenvalue weighted by molar-refractivity contribution is 5.87. The summed E-state index contributed by atoms with van der Waals surface area (Å²) in [5.41, 5.74) is 3.47. The van der Waals surface area contributed by atoms with Crippen LogP contribution < -0.4 is 15.0 Å². The number of imidazole rings is 1. The number of nitrogens with zero attached hydrogens (tertiary/aromatic N) is 7. The summed E-state index contributed by atoms with van der Waals surface area (Å²) < 4.78 is 23.2. The number of hydrogen-bond acceptors (Lipinski definition) is 8. The third-order valence-corrected chi connectivity index (χ3v) is 5.28. The second kappa shape index (κ2) is 7.97. The van der Waals surface area contributed by atoms with Crippen LogP contribution >= 0.6 is 0 Å². The molecule has 0 radical (unpaired) electrons. The maximum absolute atomic E-state index is 15.3. The number of benzene rings is 2. The molecule has 3 heterocycles. The molecule has 166 valence electrons. The summed E-state index contributed by atoms with van der Waals surface area (Å²) in [6.07, 6.45) is 4.74.